The van der Waals surface area contributed by atoms with Gasteiger partial charge < -0.3 is 9.79 Å². The first-order chi connectivity index (χ1) is 7.56. The van der Waals surface area contributed by atoms with Gasteiger partial charge in [0.1, 0.15) is 0 Å². The summed E-state index contributed by atoms with van der Waals surface area (Å²) in [5, 5.41) is 0. The fraction of sp³-hybridized carbons (Fsp3) is 0.667. The molecule has 0 saturated heterocycles. The Labute approximate surface area is 97.8 Å². The third-order valence-electron chi connectivity index (χ3n) is 1.90. The highest BCUT2D eigenvalue weighted by Gasteiger charge is 2.10. The molecule has 2 N–H and O–H groups in total. The van der Waals surface area contributed by atoms with E-state index >= 15 is 0 Å². The van der Waals surface area contributed by atoms with E-state index in [2.05, 4.69) is 30.6 Å². The Morgan fingerprint density at radius 3 is 2.06 bits per heavy atom. The fourth-order valence-electron chi connectivity index (χ4n) is 1.01. The van der Waals surface area contributed by atoms with E-state index in [9.17, 15) is 4.57 Å². The van der Waals surface area contributed by atoms with E-state index < -0.39 is 7.60 Å². The van der Waals surface area contributed by atoms with Gasteiger partial charge in [-0.25, -0.2) is 0 Å². The Morgan fingerprint density at radius 1 is 1.00 bits per heavy atom. The minimum absolute atomic E-state index is 0.0448. The summed E-state index contributed by atoms with van der Waals surface area (Å²) in [5.74, 6) is 11.3. The Morgan fingerprint density at radius 2 is 1.56 bits per heavy atom. The van der Waals surface area contributed by atoms with Gasteiger partial charge in [0.05, 0.1) is 0 Å². The second-order valence-corrected chi connectivity index (χ2v) is 5.33. The van der Waals surface area contributed by atoms with Gasteiger partial charge in [0.15, 0.2) is 0 Å². The van der Waals surface area contributed by atoms with E-state index in [0.717, 1.165) is 25.7 Å². The molecule has 0 bridgehead atoms. The Balaban J connectivity index is 3.47. The van der Waals surface area contributed by atoms with Gasteiger partial charge in [0, 0.05) is 19.0 Å². The molecule has 3 nitrogen and oxygen atoms in total. The van der Waals surface area contributed by atoms with Crippen molar-refractivity contribution >= 4 is 7.60 Å². The second kappa shape index (κ2) is 9.49. The summed E-state index contributed by atoms with van der Waals surface area (Å²) < 4.78 is 10.5. The van der Waals surface area contributed by atoms with Crippen LogP contribution in [0.4, 0.5) is 0 Å². The molecule has 16 heavy (non-hydrogen) atoms. The minimum atomic E-state index is -3.82. The molecule has 0 heterocycles. The number of unbranched alkanes of at least 4 members (excludes halogenated alkanes) is 4. The Kier molecular flexibility index (Phi) is 9.06. The minimum Gasteiger partial charge on any atom is -0.324 e. The van der Waals surface area contributed by atoms with Crippen LogP contribution in [0.2, 0.25) is 0 Å². The van der Waals surface area contributed by atoms with Crippen molar-refractivity contribution in [2.45, 2.75) is 45.4 Å². The molecule has 0 fully saturated rings. The van der Waals surface area contributed by atoms with Crippen LogP contribution in [0.5, 0.6) is 0 Å². The van der Waals surface area contributed by atoms with Gasteiger partial charge in [-0.3, -0.25) is 4.57 Å². The van der Waals surface area contributed by atoms with Crippen molar-refractivity contribution in [2.75, 3.05) is 6.16 Å². The second-order valence-electron chi connectivity index (χ2n) is 3.55. The molecule has 0 aromatic rings. The van der Waals surface area contributed by atoms with E-state index in [4.69, 9.17) is 9.79 Å². The van der Waals surface area contributed by atoms with E-state index in [-0.39, 0.29) is 6.16 Å². The van der Waals surface area contributed by atoms with Crippen molar-refractivity contribution in [2.24, 2.45) is 0 Å². The summed E-state index contributed by atoms with van der Waals surface area (Å²) in [7, 11) is -3.82. The zero-order valence-corrected chi connectivity index (χ0v) is 10.6. The smallest absolute Gasteiger partial charge is 0.324 e. The van der Waals surface area contributed by atoms with Crippen molar-refractivity contribution < 1.29 is 14.4 Å². The van der Waals surface area contributed by atoms with Gasteiger partial charge in [-0.15, -0.1) is 0 Å². The summed E-state index contributed by atoms with van der Waals surface area (Å²) in [6, 6.07) is 0. The van der Waals surface area contributed by atoms with Crippen LogP contribution in [0.3, 0.4) is 0 Å². The summed E-state index contributed by atoms with van der Waals surface area (Å²) in [6.45, 7) is 2.12. The first kappa shape index (κ1) is 15.3. The van der Waals surface area contributed by atoms with Gasteiger partial charge in [-0.2, -0.15) is 0 Å². The molecule has 0 rings (SSSR count). The maximum absolute atomic E-state index is 10.5. The molecule has 0 aliphatic carbocycles. The molecular formula is C12H19O3P. The Bertz CT molecular complexity index is 335. The third-order valence-corrected chi connectivity index (χ3v) is 2.79. The number of hydrogen-bond donors (Lipinski definition) is 2. The SMILES string of the molecule is CCCCC#CC#CCCCCP(=O)(O)O. The van der Waals surface area contributed by atoms with E-state index in [1.807, 2.05) is 0 Å². The number of rotatable bonds is 6. The average molecular weight is 242 g/mol. The van der Waals surface area contributed by atoms with Gasteiger partial charge in [-0.05, 0) is 31.1 Å². The molecule has 0 unspecified atom stereocenters. The highest BCUT2D eigenvalue weighted by Crippen LogP contribution is 2.35. The molecule has 0 aliphatic rings. The van der Waals surface area contributed by atoms with Crippen LogP contribution in [-0.4, -0.2) is 15.9 Å². The van der Waals surface area contributed by atoms with Gasteiger partial charge in [0.25, 0.3) is 0 Å². The van der Waals surface area contributed by atoms with Crippen LogP contribution < -0.4 is 0 Å². The zero-order valence-electron chi connectivity index (χ0n) is 9.70. The molecule has 0 aliphatic heterocycles. The Hall–Kier alpha value is -0.730. The van der Waals surface area contributed by atoms with Crippen molar-refractivity contribution in [1.82, 2.24) is 0 Å². The van der Waals surface area contributed by atoms with E-state index in [1.54, 1.807) is 0 Å². The first-order valence-electron chi connectivity index (χ1n) is 5.56. The van der Waals surface area contributed by atoms with Crippen molar-refractivity contribution in [3.63, 3.8) is 0 Å². The standard InChI is InChI=1S/C12H19O3P/c1-2-3-4-5-6-7-8-9-10-11-12-16(13,14)15/h2-4,9-12H2,1H3,(H2,13,14,15). The molecule has 0 atom stereocenters. The quantitative estimate of drug-likeness (QED) is 0.427. The summed E-state index contributed by atoms with van der Waals surface area (Å²) in [4.78, 5) is 17.2. The van der Waals surface area contributed by atoms with E-state index in [0.29, 0.717) is 12.8 Å². The topological polar surface area (TPSA) is 57.5 Å². The molecule has 0 radical (unpaired) electrons. The summed E-state index contributed by atoms with van der Waals surface area (Å²) in [6.07, 6.45) is 4.99. The lowest BCUT2D eigenvalue weighted by Crippen LogP contribution is -1.86. The lowest BCUT2D eigenvalue weighted by atomic mass is 10.2. The fourth-order valence-corrected chi connectivity index (χ4v) is 1.65. The highest BCUT2D eigenvalue weighted by molar-refractivity contribution is 7.51. The van der Waals surface area contributed by atoms with Crippen LogP contribution in [0.1, 0.15) is 45.4 Å². The van der Waals surface area contributed by atoms with Crippen LogP contribution >= 0.6 is 7.60 Å². The van der Waals surface area contributed by atoms with Gasteiger partial charge in [0.2, 0.25) is 0 Å². The maximum Gasteiger partial charge on any atom is 0.325 e. The zero-order chi connectivity index (χ0) is 12.3. The van der Waals surface area contributed by atoms with Gasteiger partial charge >= 0.3 is 7.60 Å². The molecular weight excluding hydrogens is 223 g/mol. The maximum atomic E-state index is 10.5. The first-order valence-corrected chi connectivity index (χ1v) is 7.36. The van der Waals surface area contributed by atoms with Crippen LogP contribution in [0, 0.1) is 23.7 Å². The van der Waals surface area contributed by atoms with Crippen molar-refractivity contribution in [3.8, 4) is 23.7 Å². The average Bonchev–Trinajstić information content (AvgIpc) is 2.19. The predicted octanol–water partition coefficient (Wildman–Crippen LogP) is 2.53. The molecule has 0 saturated carbocycles. The largest absolute Gasteiger partial charge is 0.325 e. The third kappa shape index (κ3) is 13.3. The normalized spacial score (nSPS) is 9.94. The van der Waals surface area contributed by atoms with Crippen LogP contribution in [-0.2, 0) is 4.57 Å². The molecule has 0 aromatic heterocycles. The van der Waals surface area contributed by atoms with E-state index in [1.165, 1.54) is 0 Å². The monoisotopic (exact) mass is 242 g/mol. The van der Waals surface area contributed by atoms with Crippen LogP contribution in [0.25, 0.3) is 0 Å². The predicted molar refractivity (Wildman–Crippen MR) is 65.8 cm³/mol. The molecule has 0 amide bonds. The van der Waals surface area contributed by atoms with Crippen molar-refractivity contribution in [3.05, 3.63) is 0 Å². The lowest BCUT2D eigenvalue weighted by Gasteiger charge is -2.00. The highest BCUT2D eigenvalue weighted by atomic mass is 31.2. The molecule has 0 spiro atoms. The van der Waals surface area contributed by atoms with Crippen LogP contribution in [0.15, 0.2) is 0 Å². The summed E-state index contributed by atoms with van der Waals surface area (Å²) >= 11 is 0. The van der Waals surface area contributed by atoms with Gasteiger partial charge in [-0.1, -0.05) is 25.2 Å². The number of hydrogen-bond acceptors (Lipinski definition) is 1. The molecule has 0 aromatic carbocycles. The molecule has 90 valence electrons. The molecule has 4 heteroatoms. The summed E-state index contributed by atoms with van der Waals surface area (Å²) in [5.41, 5.74) is 0. The van der Waals surface area contributed by atoms with Crippen molar-refractivity contribution in [1.29, 1.82) is 0 Å². The lowest BCUT2D eigenvalue weighted by molar-refractivity contribution is 0.371.